The highest BCUT2D eigenvalue weighted by Gasteiger charge is 2.29. The molecule has 0 saturated heterocycles. The summed E-state index contributed by atoms with van der Waals surface area (Å²) in [7, 11) is 1.95. The molecular weight excluding hydrogens is 360 g/mol. The van der Waals surface area contributed by atoms with Gasteiger partial charge in [-0.2, -0.15) is 13.2 Å². The van der Waals surface area contributed by atoms with Gasteiger partial charge in [-0.1, -0.05) is 66.4 Å². The van der Waals surface area contributed by atoms with E-state index in [0.717, 1.165) is 30.3 Å². The van der Waals surface area contributed by atoms with Crippen molar-refractivity contribution in [1.29, 1.82) is 0 Å². The zero-order valence-electron chi connectivity index (χ0n) is 16.4. The lowest BCUT2D eigenvalue weighted by Crippen LogP contribution is -2.19. The second-order valence-electron chi connectivity index (χ2n) is 7.49. The molecule has 1 radical (unpaired) electrons. The van der Waals surface area contributed by atoms with Gasteiger partial charge >= 0.3 is 6.18 Å². The Morgan fingerprint density at radius 3 is 2.04 bits per heavy atom. The summed E-state index contributed by atoms with van der Waals surface area (Å²) >= 11 is 0. The number of hydrogen-bond acceptors (Lipinski definition) is 1. The van der Waals surface area contributed by atoms with Crippen LogP contribution < -0.4 is 5.46 Å². The Hall–Kier alpha value is -2.50. The normalized spacial score (nSPS) is 11.5. The first-order valence-corrected chi connectivity index (χ1v) is 9.19. The van der Waals surface area contributed by atoms with E-state index in [1.807, 2.05) is 50.1 Å². The molecule has 3 aromatic rings. The molecule has 0 amide bonds. The third-order valence-electron chi connectivity index (χ3n) is 4.17. The summed E-state index contributed by atoms with van der Waals surface area (Å²) in [6.07, 6.45) is 3.05. The first kappa shape index (κ1) is 21.8. The van der Waals surface area contributed by atoms with Crippen molar-refractivity contribution in [2.24, 2.45) is 0 Å². The fourth-order valence-electron chi connectivity index (χ4n) is 2.51. The zero-order chi connectivity index (χ0) is 20.6. The molecule has 0 N–H and O–H groups in total. The maximum Gasteiger partial charge on any atom is 0.416 e. The second-order valence-corrected chi connectivity index (χ2v) is 7.49. The van der Waals surface area contributed by atoms with Gasteiger partial charge in [0.05, 0.1) is 11.9 Å². The highest BCUT2D eigenvalue weighted by molar-refractivity contribution is 6.53. The van der Waals surface area contributed by atoms with Gasteiger partial charge in [-0.15, -0.1) is 0 Å². The van der Waals surface area contributed by atoms with Crippen molar-refractivity contribution in [3.05, 3.63) is 84.4 Å². The van der Waals surface area contributed by atoms with Gasteiger partial charge in [0.15, 0.2) is 7.28 Å². The number of alkyl halides is 3. The summed E-state index contributed by atoms with van der Waals surface area (Å²) in [5, 5.41) is 0. The van der Waals surface area contributed by atoms with E-state index < -0.39 is 11.7 Å². The molecule has 0 unspecified atom stereocenters. The van der Waals surface area contributed by atoms with Crippen LogP contribution in [0.2, 0.25) is 6.32 Å². The van der Waals surface area contributed by atoms with Crippen molar-refractivity contribution in [3.8, 4) is 0 Å². The lowest BCUT2D eigenvalue weighted by atomic mass is 9.66. The van der Waals surface area contributed by atoms with Gasteiger partial charge in [0, 0.05) is 17.9 Å². The van der Waals surface area contributed by atoms with Gasteiger partial charge in [-0.3, -0.25) is 0 Å². The largest absolute Gasteiger partial charge is 0.416 e. The maximum atomic E-state index is 12.4. The van der Waals surface area contributed by atoms with E-state index in [1.54, 1.807) is 6.20 Å². The maximum absolute atomic E-state index is 12.4. The van der Waals surface area contributed by atoms with Crippen molar-refractivity contribution >= 4 is 12.7 Å². The van der Waals surface area contributed by atoms with Crippen LogP contribution in [0.4, 0.5) is 13.2 Å². The molecule has 0 fully saturated rings. The Balaban J connectivity index is 0.000000261. The molecule has 3 rings (SSSR count). The number of hydrogen-bond donors (Lipinski definition) is 0. The van der Waals surface area contributed by atoms with E-state index in [9.17, 15) is 13.2 Å². The molecule has 147 valence electrons. The smallest absolute Gasteiger partial charge is 0.332 e. The SMILES string of the molecule is CC(C)(C)n1ccnc1.FC(F)(F)c1ccc([B]CCc2ccccc2)cc1. The van der Waals surface area contributed by atoms with Crippen molar-refractivity contribution < 1.29 is 13.2 Å². The predicted octanol–water partition coefficient (Wildman–Crippen LogP) is 5.33. The van der Waals surface area contributed by atoms with Crippen LogP contribution in [0.15, 0.2) is 73.3 Å². The minimum atomic E-state index is -4.26. The molecular formula is C22H25BF3N2. The Morgan fingerprint density at radius 2 is 1.57 bits per heavy atom. The van der Waals surface area contributed by atoms with E-state index in [-0.39, 0.29) is 5.54 Å². The summed E-state index contributed by atoms with van der Waals surface area (Å²) in [5.41, 5.74) is 1.62. The summed E-state index contributed by atoms with van der Waals surface area (Å²) in [5.74, 6) is 0. The van der Waals surface area contributed by atoms with Crippen LogP contribution in [-0.2, 0) is 18.1 Å². The van der Waals surface area contributed by atoms with Crippen LogP contribution in [0, 0.1) is 0 Å². The molecule has 1 aromatic heterocycles. The highest BCUT2D eigenvalue weighted by atomic mass is 19.4. The molecule has 28 heavy (non-hydrogen) atoms. The minimum Gasteiger partial charge on any atom is -0.332 e. The van der Waals surface area contributed by atoms with Crippen molar-refractivity contribution in [3.63, 3.8) is 0 Å². The van der Waals surface area contributed by atoms with Crippen LogP contribution in [0.5, 0.6) is 0 Å². The van der Waals surface area contributed by atoms with Gasteiger partial charge < -0.3 is 4.57 Å². The molecule has 0 saturated carbocycles. The van der Waals surface area contributed by atoms with Crippen LogP contribution in [-0.4, -0.2) is 16.8 Å². The Morgan fingerprint density at radius 1 is 0.929 bits per heavy atom. The van der Waals surface area contributed by atoms with E-state index in [1.165, 1.54) is 17.7 Å². The Bertz CT molecular complexity index is 806. The minimum absolute atomic E-state index is 0.177. The summed E-state index contributed by atoms with van der Waals surface area (Å²) in [6, 6.07) is 15.3. The molecule has 0 atom stereocenters. The zero-order valence-corrected chi connectivity index (χ0v) is 16.4. The van der Waals surface area contributed by atoms with E-state index >= 15 is 0 Å². The average molecular weight is 385 g/mol. The molecule has 0 aliphatic heterocycles. The van der Waals surface area contributed by atoms with Crippen molar-refractivity contribution in [1.82, 2.24) is 9.55 Å². The fourth-order valence-corrected chi connectivity index (χ4v) is 2.51. The third-order valence-corrected chi connectivity index (χ3v) is 4.17. The van der Waals surface area contributed by atoms with Crippen LogP contribution in [0.3, 0.4) is 0 Å². The van der Waals surface area contributed by atoms with Gasteiger partial charge in [0.1, 0.15) is 0 Å². The predicted molar refractivity (Wildman–Crippen MR) is 109 cm³/mol. The summed E-state index contributed by atoms with van der Waals surface area (Å²) in [4.78, 5) is 3.95. The van der Waals surface area contributed by atoms with E-state index in [2.05, 4.69) is 30.3 Å². The van der Waals surface area contributed by atoms with Crippen molar-refractivity contribution in [2.45, 2.75) is 45.2 Å². The summed E-state index contributed by atoms with van der Waals surface area (Å²) in [6.45, 7) is 6.44. The molecule has 0 bridgehead atoms. The average Bonchev–Trinajstić information content (AvgIpc) is 3.18. The molecule has 1 heterocycles. The van der Waals surface area contributed by atoms with Crippen LogP contribution in [0.25, 0.3) is 0 Å². The number of nitrogens with zero attached hydrogens (tertiary/aromatic N) is 2. The fraction of sp³-hybridized carbons (Fsp3) is 0.318. The topological polar surface area (TPSA) is 17.8 Å². The van der Waals surface area contributed by atoms with Gasteiger partial charge in [0.2, 0.25) is 0 Å². The third kappa shape index (κ3) is 7.26. The number of benzene rings is 2. The standard InChI is InChI=1S/C15H13BF3.C7H12N2/c17-15(18,19)13-6-8-14(9-7-13)16-11-10-12-4-2-1-3-5-12;1-7(2,3)9-5-4-8-6-9/h1-9H,10-11H2;4-6H,1-3H3. The van der Waals surface area contributed by atoms with Gasteiger partial charge in [0.25, 0.3) is 0 Å². The molecule has 2 nitrogen and oxygen atoms in total. The molecule has 2 aromatic carbocycles. The number of halogens is 3. The molecule has 0 aliphatic rings. The van der Waals surface area contributed by atoms with Gasteiger partial charge in [-0.05, 0) is 32.8 Å². The number of imidazole rings is 1. The first-order chi connectivity index (χ1) is 13.2. The lowest BCUT2D eigenvalue weighted by Gasteiger charge is -2.19. The molecule has 0 spiro atoms. The number of aryl methyl sites for hydroxylation is 1. The summed E-state index contributed by atoms with van der Waals surface area (Å²) < 4.78 is 39.2. The second kappa shape index (κ2) is 9.62. The Kier molecular flexibility index (Phi) is 7.49. The van der Waals surface area contributed by atoms with Crippen LogP contribution in [0.1, 0.15) is 31.9 Å². The van der Waals surface area contributed by atoms with Gasteiger partial charge in [-0.25, -0.2) is 4.98 Å². The van der Waals surface area contributed by atoms with E-state index in [4.69, 9.17) is 0 Å². The van der Waals surface area contributed by atoms with Crippen molar-refractivity contribution in [2.75, 3.05) is 0 Å². The van der Waals surface area contributed by atoms with E-state index in [0.29, 0.717) is 0 Å². The number of aromatic nitrogens is 2. The quantitative estimate of drug-likeness (QED) is 0.555. The monoisotopic (exact) mass is 385 g/mol. The lowest BCUT2D eigenvalue weighted by molar-refractivity contribution is -0.137. The number of rotatable bonds is 4. The molecule has 6 heteroatoms. The Labute approximate surface area is 165 Å². The van der Waals surface area contributed by atoms with Crippen LogP contribution >= 0.6 is 0 Å². The first-order valence-electron chi connectivity index (χ1n) is 9.19. The molecule has 0 aliphatic carbocycles. The highest BCUT2D eigenvalue weighted by Crippen LogP contribution is 2.28.